The number of methoxy groups -OCH3 is 1. The molecule has 0 radical (unpaired) electrons. The van der Waals surface area contributed by atoms with E-state index in [0.717, 1.165) is 44.9 Å². The molecule has 20 heavy (non-hydrogen) atoms. The van der Waals surface area contributed by atoms with Gasteiger partial charge in [-0.25, -0.2) is 0 Å². The van der Waals surface area contributed by atoms with Gasteiger partial charge in [-0.15, -0.1) is 0 Å². The van der Waals surface area contributed by atoms with Gasteiger partial charge in [0.1, 0.15) is 0 Å². The highest BCUT2D eigenvalue weighted by atomic mass is 16.5. The maximum absolute atomic E-state index is 10.0. The number of aliphatic hydroxyl groups is 2. The Morgan fingerprint density at radius 3 is 2.55 bits per heavy atom. The van der Waals surface area contributed by atoms with Crippen molar-refractivity contribution in [2.45, 2.75) is 95.9 Å². The molecule has 1 aliphatic carbocycles. The molecule has 1 aliphatic rings. The fraction of sp³-hybridized carbons (Fsp3) is 1.00. The third-order valence-corrected chi connectivity index (χ3v) is 4.72. The van der Waals surface area contributed by atoms with Gasteiger partial charge >= 0.3 is 0 Å². The summed E-state index contributed by atoms with van der Waals surface area (Å²) in [6, 6.07) is 0. The third kappa shape index (κ3) is 7.05. The maximum atomic E-state index is 10.0. The second-order valence-corrected chi connectivity index (χ2v) is 6.45. The molecule has 2 N–H and O–H groups in total. The van der Waals surface area contributed by atoms with Crippen molar-refractivity contribution in [1.29, 1.82) is 0 Å². The van der Waals surface area contributed by atoms with Crippen molar-refractivity contribution in [3.05, 3.63) is 0 Å². The predicted octanol–water partition coefficient (Wildman–Crippen LogP) is 3.66. The average Bonchev–Trinajstić information content (AvgIpc) is 2.46. The molecular formula is C17H34O3. The zero-order valence-electron chi connectivity index (χ0n) is 13.4. The number of rotatable bonds is 10. The molecule has 1 rings (SSSR count). The Hall–Kier alpha value is -0.120. The Balaban J connectivity index is 2.07. The molecule has 4 atom stereocenters. The molecule has 0 aliphatic heterocycles. The van der Waals surface area contributed by atoms with Crippen LogP contribution in [0.15, 0.2) is 0 Å². The van der Waals surface area contributed by atoms with Gasteiger partial charge in [-0.3, -0.25) is 0 Å². The normalized spacial score (nSPS) is 28.5. The smallest absolute Gasteiger partial charge is 0.0832 e. The molecule has 1 fully saturated rings. The van der Waals surface area contributed by atoms with E-state index in [1.54, 1.807) is 7.11 Å². The van der Waals surface area contributed by atoms with Crippen LogP contribution in [0.4, 0.5) is 0 Å². The van der Waals surface area contributed by atoms with E-state index in [2.05, 4.69) is 6.92 Å². The van der Waals surface area contributed by atoms with Crippen LogP contribution < -0.4 is 0 Å². The SMILES string of the molecule is CCCCCCCC(O)CCC1CCC(O)C(OC)C1. The predicted molar refractivity (Wildman–Crippen MR) is 82.8 cm³/mol. The molecule has 0 saturated heterocycles. The van der Waals surface area contributed by atoms with Crippen LogP contribution >= 0.6 is 0 Å². The molecule has 4 unspecified atom stereocenters. The van der Waals surface area contributed by atoms with Crippen molar-refractivity contribution in [3.8, 4) is 0 Å². The van der Waals surface area contributed by atoms with Crippen molar-refractivity contribution >= 4 is 0 Å². The van der Waals surface area contributed by atoms with Gasteiger partial charge in [-0.1, -0.05) is 39.0 Å². The van der Waals surface area contributed by atoms with Crippen molar-refractivity contribution < 1.29 is 14.9 Å². The highest BCUT2D eigenvalue weighted by molar-refractivity contribution is 4.80. The van der Waals surface area contributed by atoms with Gasteiger partial charge in [0, 0.05) is 7.11 Å². The lowest BCUT2D eigenvalue weighted by Gasteiger charge is -2.32. The van der Waals surface area contributed by atoms with Crippen molar-refractivity contribution in [2.24, 2.45) is 5.92 Å². The fourth-order valence-corrected chi connectivity index (χ4v) is 3.27. The first-order valence-electron chi connectivity index (χ1n) is 8.56. The van der Waals surface area contributed by atoms with Crippen LogP contribution in [-0.2, 0) is 4.74 Å². The highest BCUT2D eigenvalue weighted by Crippen LogP contribution is 2.30. The monoisotopic (exact) mass is 286 g/mol. The minimum Gasteiger partial charge on any atom is -0.393 e. The summed E-state index contributed by atoms with van der Waals surface area (Å²) in [5, 5.41) is 19.8. The van der Waals surface area contributed by atoms with Gasteiger partial charge in [0.15, 0.2) is 0 Å². The molecule has 0 amide bonds. The first-order chi connectivity index (χ1) is 9.67. The average molecular weight is 286 g/mol. The van der Waals surface area contributed by atoms with Crippen LogP contribution in [0.5, 0.6) is 0 Å². The molecule has 0 heterocycles. The third-order valence-electron chi connectivity index (χ3n) is 4.72. The summed E-state index contributed by atoms with van der Waals surface area (Å²) in [4.78, 5) is 0. The zero-order chi connectivity index (χ0) is 14.8. The Morgan fingerprint density at radius 1 is 1.10 bits per heavy atom. The number of unbranched alkanes of at least 4 members (excludes halogenated alkanes) is 4. The number of ether oxygens (including phenoxy) is 1. The Bertz CT molecular complexity index is 232. The van der Waals surface area contributed by atoms with Gasteiger partial charge in [0.05, 0.1) is 18.3 Å². The number of hydrogen-bond donors (Lipinski definition) is 2. The molecule has 0 aromatic rings. The lowest BCUT2D eigenvalue weighted by Crippen LogP contribution is -2.35. The van der Waals surface area contributed by atoms with E-state index < -0.39 is 0 Å². The van der Waals surface area contributed by atoms with Gasteiger partial charge in [0.25, 0.3) is 0 Å². The minimum absolute atomic E-state index is 0.0000586. The molecular weight excluding hydrogens is 252 g/mol. The minimum atomic E-state index is -0.292. The second kappa shape index (κ2) is 10.6. The molecule has 0 bridgehead atoms. The standard InChI is InChI=1S/C17H34O3/c1-3-4-5-6-7-8-15(18)11-9-14-10-12-16(19)17(13-14)20-2/h14-19H,3-13H2,1-2H3. The van der Waals surface area contributed by atoms with E-state index in [1.807, 2.05) is 0 Å². The Morgan fingerprint density at radius 2 is 1.85 bits per heavy atom. The Kier molecular flexibility index (Phi) is 9.49. The molecule has 0 aromatic heterocycles. The summed E-state index contributed by atoms with van der Waals surface area (Å²) in [6.07, 6.45) is 11.7. The quantitative estimate of drug-likeness (QED) is 0.603. The summed E-state index contributed by atoms with van der Waals surface area (Å²) < 4.78 is 5.33. The molecule has 3 nitrogen and oxygen atoms in total. The summed E-state index contributed by atoms with van der Waals surface area (Å²) >= 11 is 0. The zero-order valence-corrected chi connectivity index (χ0v) is 13.4. The molecule has 3 heteroatoms. The van der Waals surface area contributed by atoms with E-state index in [1.165, 1.54) is 25.7 Å². The first-order valence-corrected chi connectivity index (χ1v) is 8.56. The van der Waals surface area contributed by atoms with E-state index in [9.17, 15) is 10.2 Å². The van der Waals surface area contributed by atoms with Gasteiger partial charge in [0.2, 0.25) is 0 Å². The first kappa shape index (κ1) is 17.9. The van der Waals surface area contributed by atoms with E-state index in [0.29, 0.717) is 5.92 Å². The molecule has 0 spiro atoms. The van der Waals surface area contributed by atoms with Crippen molar-refractivity contribution in [1.82, 2.24) is 0 Å². The van der Waals surface area contributed by atoms with Crippen LogP contribution in [0.1, 0.15) is 77.6 Å². The van der Waals surface area contributed by atoms with Crippen LogP contribution in [0.3, 0.4) is 0 Å². The van der Waals surface area contributed by atoms with Crippen molar-refractivity contribution in [2.75, 3.05) is 7.11 Å². The van der Waals surface area contributed by atoms with E-state index in [4.69, 9.17) is 4.74 Å². The van der Waals surface area contributed by atoms with Crippen LogP contribution in [0.25, 0.3) is 0 Å². The van der Waals surface area contributed by atoms with Gasteiger partial charge in [-0.05, 0) is 44.4 Å². The summed E-state index contributed by atoms with van der Waals surface area (Å²) in [6.45, 7) is 2.23. The van der Waals surface area contributed by atoms with E-state index >= 15 is 0 Å². The molecule has 0 aromatic carbocycles. The van der Waals surface area contributed by atoms with Gasteiger partial charge < -0.3 is 14.9 Å². The summed E-state index contributed by atoms with van der Waals surface area (Å²) in [5.74, 6) is 0.609. The maximum Gasteiger partial charge on any atom is 0.0832 e. The summed E-state index contributed by atoms with van der Waals surface area (Å²) in [7, 11) is 1.68. The van der Waals surface area contributed by atoms with E-state index in [-0.39, 0.29) is 18.3 Å². The number of hydrogen-bond acceptors (Lipinski definition) is 3. The van der Waals surface area contributed by atoms with Crippen LogP contribution in [0, 0.1) is 5.92 Å². The topological polar surface area (TPSA) is 49.7 Å². The Labute approximate surface area is 124 Å². The van der Waals surface area contributed by atoms with Gasteiger partial charge in [-0.2, -0.15) is 0 Å². The largest absolute Gasteiger partial charge is 0.393 e. The fourth-order valence-electron chi connectivity index (χ4n) is 3.27. The molecule has 1 saturated carbocycles. The van der Waals surface area contributed by atoms with Crippen LogP contribution in [-0.4, -0.2) is 35.6 Å². The van der Waals surface area contributed by atoms with Crippen LogP contribution in [0.2, 0.25) is 0 Å². The van der Waals surface area contributed by atoms with Crippen molar-refractivity contribution in [3.63, 3.8) is 0 Å². The highest BCUT2D eigenvalue weighted by Gasteiger charge is 2.29. The lowest BCUT2D eigenvalue weighted by molar-refractivity contribution is -0.0526. The lowest BCUT2D eigenvalue weighted by atomic mass is 9.82. The number of aliphatic hydroxyl groups excluding tert-OH is 2. The molecule has 120 valence electrons. The summed E-state index contributed by atoms with van der Waals surface area (Å²) in [5.41, 5.74) is 0. The second-order valence-electron chi connectivity index (χ2n) is 6.45.